The number of hydrogen-bond donors (Lipinski definition) is 1. The Labute approximate surface area is 500 Å². The maximum Gasteiger partial charge on any atom is 0.154 e. The van der Waals surface area contributed by atoms with E-state index in [2.05, 4.69) is 293 Å². The van der Waals surface area contributed by atoms with E-state index in [1.54, 1.807) is 0 Å². The Morgan fingerprint density at radius 1 is 0.407 bits per heavy atom. The average molecular weight is 1110 g/mol. The Kier molecular flexibility index (Phi) is 13.0. The number of benzene rings is 12. The first-order valence-corrected chi connectivity index (χ1v) is 29.4. The fourth-order valence-electron chi connectivity index (χ4n) is 13.5. The van der Waals surface area contributed by atoms with Gasteiger partial charge in [0, 0.05) is 69.1 Å². The molecular formula is C80H60N6. The number of amidine groups is 2. The minimum absolute atomic E-state index is 0.178. The lowest BCUT2D eigenvalue weighted by Gasteiger charge is -2.43. The van der Waals surface area contributed by atoms with Crippen LogP contribution >= 0.6 is 0 Å². The Hall–Kier alpha value is -11.1. The van der Waals surface area contributed by atoms with Gasteiger partial charge in [0.2, 0.25) is 0 Å². The number of aromatic nitrogens is 3. The summed E-state index contributed by atoms with van der Waals surface area (Å²) in [6, 6.07) is 109. The number of hydrogen-bond acceptors (Lipinski definition) is 1. The van der Waals surface area contributed by atoms with Gasteiger partial charge in [-0.05, 0) is 87.5 Å². The van der Waals surface area contributed by atoms with Crippen LogP contribution < -0.4 is 0 Å². The zero-order chi connectivity index (χ0) is 57.7. The highest BCUT2D eigenvalue weighted by Crippen LogP contribution is 2.48. The monoisotopic (exact) mass is 1100 g/mol. The van der Waals surface area contributed by atoms with E-state index in [4.69, 9.17) is 11.6 Å². The molecule has 0 bridgehead atoms. The third-order valence-corrected chi connectivity index (χ3v) is 17.5. The molecule has 410 valence electrons. The molecule has 6 nitrogen and oxygen atoms in total. The summed E-state index contributed by atoms with van der Waals surface area (Å²) < 4.78 is 7.55. The van der Waals surface area contributed by atoms with Crippen molar-refractivity contribution in [3.8, 4) is 33.6 Å². The van der Waals surface area contributed by atoms with Crippen molar-refractivity contribution in [3.63, 3.8) is 0 Å². The summed E-state index contributed by atoms with van der Waals surface area (Å²) in [5.41, 5.74) is 17.1. The van der Waals surface area contributed by atoms with E-state index in [0.717, 1.165) is 105 Å². The van der Waals surface area contributed by atoms with Crippen molar-refractivity contribution in [2.45, 2.75) is 12.0 Å². The van der Waals surface area contributed by atoms with E-state index in [0.29, 0.717) is 18.8 Å². The number of nitrogens with one attached hydrogen (secondary N) is 1. The lowest BCUT2D eigenvalue weighted by Crippen LogP contribution is -2.48. The zero-order valence-corrected chi connectivity index (χ0v) is 47.7. The van der Waals surface area contributed by atoms with Gasteiger partial charge in [0.25, 0.3) is 0 Å². The lowest BCUT2D eigenvalue weighted by molar-refractivity contribution is 0.311. The number of para-hydroxylation sites is 4. The topological polar surface area (TPSA) is 54.2 Å². The highest BCUT2D eigenvalue weighted by Gasteiger charge is 2.41. The molecule has 0 amide bonds. The second-order valence-corrected chi connectivity index (χ2v) is 22.5. The number of rotatable bonds is 13. The maximum absolute atomic E-state index is 9.64. The Morgan fingerprint density at radius 2 is 0.849 bits per heavy atom. The molecule has 0 saturated heterocycles. The van der Waals surface area contributed by atoms with E-state index in [1.807, 2.05) is 36.4 Å². The number of fused-ring (bicyclic) bond motifs is 9. The minimum Gasteiger partial charge on any atom is -0.356 e. The van der Waals surface area contributed by atoms with Gasteiger partial charge in [0.05, 0.1) is 44.3 Å². The molecule has 1 unspecified atom stereocenters. The highest BCUT2D eigenvalue weighted by atomic mass is 15.2. The fourth-order valence-corrected chi connectivity index (χ4v) is 13.5. The molecule has 1 atom stereocenters. The summed E-state index contributed by atoms with van der Waals surface area (Å²) in [6.07, 6.45) is 0.530. The largest absolute Gasteiger partial charge is 0.356 e. The number of aliphatic imine (C=N–C) groups is 1. The second-order valence-electron chi connectivity index (χ2n) is 22.5. The van der Waals surface area contributed by atoms with E-state index in [1.165, 1.54) is 21.5 Å². The molecule has 6 heteroatoms. The van der Waals surface area contributed by atoms with Crippen molar-refractivity contribution in [1.29, 1.82) is 5.41 Å². The van der Waals surface area contributed by atoms with Crippen molar-refractivity contribution in [2.24, 2.45) is 4.99 Å². The molecule has 0 aliphatic rings. The van der Waals surface area contributed by atoms with Crippen LogP contribution in [0.25, 0.3) is 105 Å². The summed E-state index contributed by atoms with van der Waals surface area (Å²) in [7, 11) is 2.14. The Morgan fingerprint density at radius 3 is 1.38 bits per heavy atom. The van der Waals surface area contributed by atoms with Crippen LogP contribution in [-0.4, -0.2) is 43.9 Å². The standard InChI is InChI=1S/C80H60N6/c1-55(57-46-48-61(49-47-57)59-26-9-4-10-27-59)80(53-56-42-44-60(45-43-56)58-24-7-3-8-25-58,54-83(2)79(63-30-13-6-14-31-63)82-78(81)62-28-11-5-12-29-62)86-75-41-23-40-74(85-72-38-21-17-34-67(72)68-35-18-22-39-73(68)85)77(75)69-51-50-64(52-76(69)86)84-70-36-19-15-32-65(70)66-33-16-20-37-71(66)84/h3-52,81H,1,53-54H2,2H3. The van der Waals surface area contributed by atoms with Gasteiger partial charge in [-0.1, -0.05) is 261 Å². The van der Waals surface area contributed by atoms with Crippen LogP contribution in [0.1, 0.15) is 22.3 Å². The fraction of sp³-hybridized carbons (Fsp3) is 0.0500. The molecule has 15 aromatic rings. The summed E-state index contributed by atoms with van der Waals surface area (Å²) in [5, 5.41) is 16.7. The molecule has 0 spiro atoms. The normalized spacial score (nSPS) is 12.6. The first-order chi connectivity index (χ1) is 42.4. The van der Waals surface area contributed by atoms with Crippen molar-refractivity contribution in [2.75, 3.05) is 13.6 Å². The van der Waals surface area contributed by atoms with E-state index in [9.17, 15) is 5.41 Å². The molecule has 0 aliphatic carbocycles. The van der Waals surface area contributed by atoms with Gasteiger partial charge in [-0.25, -0.2) is 4.99 Å². The third-order valence-electron chi connectivity index (χ3n) is 17.5. The van der Waals surface area contributed by atoms with Crippen LogP contribution in [0.2, 0.25) is 0 Å². The van der Waals surface area contributed by atoms with E-state index < -0.39 is 5.54 Å². The van der Waals surface area contributed by atoms with Crippen LogP contribution in [0.15, 0.2) is 315 Å². The molecule has 3 aromatic heterocycles. The molecule has 0 fully saturated rings. The van der Waals surface area contributed by atoms with Crippen molar-refractivity contribution < 1.29 is 0 Å². The maximum atomic E-state index is 9.64. The second kappa shape index (κ2) is 21.6. The van der Waals surface area contributed by atoms with Crippen molar-refractivity contribution in [3.05, 3.63) is 332 Å². The van der Waals surface area contributed by atoms with Crippen molar-refractivity contribution in [1.82, 2.24) is 18.6 Å². The van der Waals surface area contributed by atoms with Gasteiger partial charge in [0.1, 0.15) is 5.84 Å². The SMILES string of the molecule is C=C(c1ccc(-c2ccccc2)cc1)C(Cc1ccc(-c2ccccc2)cc1)(CN(C)C(=NC(=N)c1ccccc1)c1ccccc1)n1c2cc(-n3c4ccccc4c4ccccc43)ccc2c2c(-n3c4ccccc4c4ccccc43)cccc21. The molecular weight excluding hydrogens is 1040 g/mol. The van der Waals surface area contributed by atoms with Crippen LogP contribution in [0.3, 0.4) is 0 Å². The summed E-state index contributed by atoms with van der Waals surface area (Å²) in [6.45, 7) is 5.78. The summed E-state index contributed by atoms with van der Waals surface area (Å²) in [4.78, 5) is 7.61. The molecule has 86 heavy (non-hydrogen) atoms. The number of likely N-dealkylation sites (N-methyl/N-ethyl adjacent to an activating group) is 1. The molecule has 0 aliphatic heterocycles. The molecule has 1 N–H and O–H groups in total. The van der Waals surface area contributed by atoms with Gasteiger partial charge in [0.15, 0.2) is 5.84 Å². The molecule has 15 rings (SSSR count). The van der Waals surface area contributed by atoms with Crippen LogP contribution in [0.5, 0.6) is 0 Å². The molecule has 0 saturated carbocycles. The Balaban J connectivity index is 1.07. The van der Waals surface area contributed by atoms with E-state index in [-0.39, 0.29) is 5.84 Å². The Bertz CT molecular complexity index is 4970. The smallest absolute Gasteiger partial charge is 0.154 e. The van der Waals surface area contributed by atoms with Gasteiger partial charge in [-0.2, -0.15) is 0 Å². The summed E-state index contributed by atoms with van der Waals surface area (Å²) >= 11 is 0. The first kappa shape index (κ1) is 51.8. The molecule has 0 radical (unpaired) electrons. The average Bonchev–Trinajstić information content (AvgIpc) is 1.80. The quantitative estimate of drug-likeness (QED) is 0.0908. The van der Waals surface area contributed by atoms with Gasteiger partial charge < -0.3 is 18.6 Å². The van der Waals surface area contributed by atoms with Gasteiger partial charge in [-0.3, -0.25) is 5.41 Å². The van der Waals surface area contributed by atoms with Crippen LogP contribution in [0.4, 0.5) is 0 Å². The summed E-state index contributed by atoms with van der Waals surface area (Å²) in [5.74, 6) is 0.852. The predicted molar refractivity (Wildman–Crippen MR) is 361 cm³/mol. The zero-order valence-electron chi connectivity index (χ0n) is 47.7. The molecule has 12 aromatic carbocycles. The predicted octanol–water partition coefficient (Wildman–Crippen LogP) is 19.4. The van der Waals surface area contributed by atoms with Crippen molar-refractivity contribution >= 4 is 82.7 Å². The van der Waals surface area contributed by atoms with Gasteiger partial charge >= 0.3 is 0 Å². The van der Waals surface area contributed by atoms with Crippen LogP contribution in [0, 0.1) is 5.41 Å². The first-order valence-electron chi connectivity index (χ1n) is 29.4. The number of nitrogens with zero attached hydrogens (tertiary/aromatic N) is 5. The highest BCUT2D eigenvalue weighted by molar-refractivity contribution is 6.17. The minimum atomic E-state index is -0.999. The van der Waals surface area contributed by atoms with Gasteiger partial charge in [-0.15, -0.1) is 0 Å². The lowest BCUT2D eigenvalue weighted by atomic mass is 9.79. The molecule has 3 heterocycles. The third kappa shape index (κ3) is 8.90. The van der Waals surface area contributed by atoms with E-state index >= 15 is 0 Å². The van der Waals surface area contributed by atoms with Crippen LogP contribution in [-0.2, 0) is 12.0 Å².